The molecule has 0 atom stereocenters. The average Bonchev–Trinajstić information content (AvgIpc) is 2.45. The van der Waals surface area contributed by atoms with Gasteiger partial charge in [0.05, 0.1) is 6.61 Å². The minimum Gasteiger partial charge on any atom is -0.465 e. The van der Waals surface area contributed by atoms with Crippen LogP contribution in [-0.4, -0.2) is 37.0 Å². The number of ether oxygens (including phenoxy) is 1. The molecule has 0 bridgehead atoms. The second kappa shape index (κ2) is 8.15. The molecule has 0 spiro atoms. The molecule has 0 radical (unpaired) electrons. The Bertz CT molecular complexity index is 477. The first-order valence-electron chi connectivity index (χ1n) is 6.74. The van der Waals surface area contributed by atoms with Crippen LogP contribution in [0.15, 0.2) is 30.3 Å². The number of nitrogens with zero attached hydrogens (tertiary/aromatic N) is 1. The summed E-state index contributed by atoms with van der Waals surface area (Å²) >= 11 is 0. The summed E-state index contributed by atoms with van der Waals surface area (Å²) in [5.74, 6) is -0.623. The Kier molecular flexibility index (Phi) is 6.50. The van der Waals surface area contributed by atoms with E-state index in [-0.39, 0.29) is 12.5 Å². The van der Waals surface area contributed by atoms with Crippen molar-refractivity contribution in [3.8, 4) is 0 Å². The third-order valence-corrected chi connectivity index (χ3v) is 2.85. The molecule has 0 aliphatic carbocycles. The van der Waals surface area contributed by atoms with Crippen LogP contribution in [0.4, 0.5) is 0 Å². The molecule has 108 valence electrons. The van der Waals surface area contributed by atoms with Crippen molar-refractivity contribution in [3.63, 3.8) is 0 Å². The first-order valence-corrected chi connectivity index (χ1v) is 6.74. The fourth-order valence-corrected chi connectivity index (χ4v) is 1.64. The minimum absolute atomic E-state index is 0.0359. The van der Waals surface area contributed by atoms with E-state index in [1.54, 1.807) is 20.0 Å². The second-order valence-electron chi connectivity index (χ2n) is 4.43. The van der Waals surface area contributed by atoms with Crippen molar-refractivity contribution in [1.29, 1.82) is 0 Å². The number of hydrogen-bond donors (Lipinski definition) is 0. The van der Waals surface area contributed by atoms with E-state index in [9.17, 15) is 9.59 Å². The molecule has 0 aliphatic heterocycles. The Balaban J connectivity index is 2.55. The lowest BCUT2D eigenvalue weighted by molar-refractivity contribution is -0.146. The van der Waals surface area contributed by atoms with E-state index in [0.29, 0.717) is 6.61 Å². The first kappa shape index (κ1) is 16.0. The zero-order valence-corrected chi connectivity index (χ0v) is 12.3. The van der Waals surface area contributed by atoms with E-state index in [2.05, 4.69) is 6.92 Å². The van der Waals surface area contributed by atoms with Gasteiger partial charge in [-0.05, 0) is 30.5 Å². The number of amides is 1. The van der Waals surface area contributed by atoms with Crippen LogP contribution in [0.1, 0.15) is 25.0 Å². The first-order chi connectivity index (χ1) is 9.56. The number of carbonyl (C=O) groups is 2. The zero-order valence-electron chi connectivity index (χ0n) is 12.3. The predicted molar refractivity (Wildman–Crippen MR) is 79.1 cm³/mol. The third-order valence-electron chi connectivity index (χ3n) is 2.85. The molecule has 4 nitrogen and oxygen atoms in total. The molecular weight excluding hydrogens is 254 g/mol. The van der Waals surface area contributed by atoms with Crippen molar-refractivity contribution >= 4 is 18.0 Å². The third kappa shape index (κ3) is 5.26. The summed E-state index contributed by atoms with van der Waals surface area (Å²) in [4.78, 5) is 24.4. The number of benzene rings is 1. The summed E-state index contributed by atoms with van der Waals surface area (Å²) in [6, 6.07) is 8.00. The van der Waals surface area contributed by atoms with Crippen LogP contribution in [0.3, 0.4) is 0 Å². The van der Waals surface area contributed by atoms with E-state index >= 15 is 0 Å². The van der Waals surface area contributed by atoms with Crippen LogP contribution in [0, 0.1) is 0 Å². The SMILES string of the molecule is CCOC(=O)CN(C)C(=O)C=Cc1ccc(CC)cc1. The molecule has 0 aliphatic rings. The van der Waals surface area contributed by atoms with Crippen LogP contribution in [0.2, 0.25) is 0 Å². The van der Waals surface area contributed by atoms with Crippen molar-refractivity contribution in [2.24, 2.45) is 0 Å². The number of carbonyl (C=O) groups excluding carboxylic acids is 2. The maximum atomic E-state index is 11.8. The van der Waals surface area contributed by atoms with Gasteiger partial charge >= 0.3 is 5.97 Å². The topological polar surface area (TPSA) is 46.6 Å². The van der Waals surface area contributed by atoms with Crippen LogP contribution < -0.4 is 0 Å². The lowest BCUT2D eigenvalue weighted by atomic mass is 10.1. The molecule has 1 amide bonds. The molecule has 0 saturated carbocycles. The largest absolute Gasteiger partial charge is 0.465 e. The Morgan fingerprint density at radius 1 is 1.20 bits per heavy atom. The van der Waals surface area contributed by atoms with E-state index in [1.807, 2.05) is 24.3 Å². The van der Waals surface area contributed by atoms with Crippen molar-refractivity contribution in [2.75, 3.05) is 20.2 Å². The lowest BCUT2D eigenvalue weighted by Crippen LogP contribution is -2.31. The molecule has 0 N–H and O–H groups in total. The molecule has 0 saturated heterocycles. The summed E-state index contributed by atoms with van der Waals surface area (Å²) in [7, 11) is 1.57. The highest BCUT2D eigenvalue weighted by Crippen LogP contribution is 2.07. The van der Waals surface area contributed by atoms with E-state index < -0.39 is 5.97 Å². The fourth-order valence-electron chi connectivity index (χ4n) is 1.64. The summed E-state index contributed by atoms with van der Waals surface area (Å²) in [6.07, 6.45) is 4.19. The number of likely N-dealkylation sites (N-methyl/N-ethyl adjacent to an activating group) is 1. The molecule has 0 fully saturated rings. The van der Waals surface area contributed by atoms with Gasteiger partial charge in [0.25, 0.3) is 0 Å². The molecule has 4 heteroatoms. The maximum Gasteiger partial charge on any atom is 0.325 e. The minimum atomic E-state index is -0.399. The highest BCUT2D eigenvalue weighted by Gasteiger charge is 2.10. The summed E-state index contributed by atoms with van der Waals surface area (Å²) in [5, 5.41) is 0. The van der Waals surface area contributed by atoms with Crippen LogP contribution >= 0.6 is 0 Å². The van der Waals surface area contributed by atoms with Gasteiger partial charge < -0.3 is 9.64 Å². The van der Waals surface area contributed by atoms with Crippen molar-refractivity contribution in [1.82, 2.24) is 4.90 Å². The van der Waals surface area contributed by atoms with Gasteiger partial charge in [0, 0.05) is 13.1 Å². The van der Waals surface area contributed by atoms with E-state index in [4.69, 9.17) is 4.74 Å². The van der Waals surface area contributed by atoms with Crippen molar-refractivity contribution in [2.45, 2.75) is 20.3 Å². The molecule has 0 heterocycles. The molecule has 20 heavy (non-hydrogen) atoms. The Labute approximate surface area is 120 Å². The maximum absolute atomic E-state index is 11.8. The highest BCUT2D eigenvalue weighted by molar-refractivity contribution is 5.93. The van der Waals surface area contributed by atoms with Gasteiger partial charge in [-0.25, -0.2) is 0 Å². The quantitative estimate of drug-likeness (QED) is 0.591. The van der Waals surface area contributed by atoms with Crippen LogP contribution in [-0.2, 0) is 20.7 Å². The van der Waals surface area contributed by atoms with Gasteiger partial charge in [0.15, 0.2) is 0 Å². The molecule has 0 unspecified atom stereocenters. The second-order valence-corrected chi connectivity index (χ2v) is 4.43. The standard InChI is InChI=1S/C16H21NO3/c1-4-13-6-8-14(9-7-13)10-11-15(18)17(3)12-16(19)20-5-2/h6-11H,4-5,12H2,1-3H3. The van der Waals surface area contributed by atoms with E-state index in [0.717, 1.165) is 12.0 Å². The summed E-state index contributed by atoms with van der Waals surface area (Å²) < 4.78 is 4.79. The Hall–Kier alpha value is -2.10. The Morgan fingerprint density at radius 3 is 2.40 bits per heavy atom. The molecule has 1 aromatic carbocycles. The lowest BCUT2D eigenvalue weighted by Gasteiger charge is -2.13. The number of esters is 1. The van der Waals surface area contributed by atoms with Crippen LogP contribution in [0.25, 0.3) is 6.08 Å². The van der Waals surface area contributed by atoms with Crippen molar-refractivity contribution < 1.29 is 14.3 Å². The number of aryl methyl sites for hydroxylation is 1. The number of hydrogen-bond acceptors (Lipinski definition) is 3. The molecule has 0 aromatic heterocycles. The van der Waals surface area contributed by atoms with Gasteiger partial charge in [0.2, 0.25) is 5.91 Å². The average molecular weight is 275 g/mol. The van der Waals surface area contributed by atoms with Gasteiger partial charge in [0.1, 0.15) is 6.54 Å². The van der Waals surface area contributed by atoms with Crippen molar-refractivity contribution in [3.05, 3.63) is 41.5 Å². The monoisotopic (exact) mass is 275 g/mol. The van der Waals surface area contributed by atoms with Gasteiger partial charge in [-0.15, -0.1) is 0 Å². The predicted octanol–water partition coefficient (Wildman–Crippen LogP) is 2.28. The van der Waals surface area contributed by atoms with Gasteiger partial charge in [-0.3, -0.25) is 9.59 Å². The number of rotatable bonds is 6. The van der Waals surface area contributed by atoms with Crippen LogP contribution in [0.5, 0.6) is 0 Å². The zero-order chi connectivity index (χ0) is 15.0. The highest BCUT2D eigenvalue weighted by atomic mass is 16.5. The van der Waals surface area contributed by atoms with Gasteiger partial charge in [-0.2, -0.15) is 0 Å². The fraction of sp³-hybridized carbons (Fsp3) is 0.375. The van der Waals surface area contributed by atoms with Gasteiger partial charge in [-0.1, -0.05) is 31.2 Å². The molecule has 1 aromatic rings. The molecule has 1 rings (SSSR count). The smallest absolute Gasteiger partial charge is 0.325 e. The summed E-state index contributed by atoms with van der Waals surface area (Å²) in [6.45, 7) is 4.12. The Morgan fingerprint density at radius 2 is 1.85 bits per heavy atom. The molecular formula is C16H21NO3. The summed E-state index contributed by atoms with van der Waals surface area (Å²) in [5.41, 5.74) is 2.22. The van der Waals surface area contributed by atoms with E-state index in [1.165, 1.54) is 16.5 Å². The normalized spacial score (nSPS) is 10.6.